The standard InChI is InChI=1S/C12H13N3O3/c1-14(7-8-16)11-5-4-10-9(3-2-6-13-10)12(11)15(17)18/h2-6,16H,7-8H2,1H3. The van der Waals surface area contributed by atoms with E-state index >= 15 is 0 Å². The largest absolute Gasteiger partial charge is 0.395 e. The van der Waals surface area contributed by atoms with Crippen molar-refractivity contribution >= 4 is 22.3 Å². The van der Waals surface area contributed by atoms with Gasteiger partial charge < -0.3 is 10.0 Å². The van der Waals surface area contributed by atoms with E-state index in [1.54, 1.807) is 42.4 Å². The molecule has 0 radical (unpaired) electrons. The van der Waals surface area contributed by atoms with Crippen LogP contribution in [0.4, 0.5) is 11.4 Å². The molecular weight excluding hydrogens is 234 g/mol. The number of hydrogen-bond acceptors (Lipinski definition) is 5. The van der Waals surface area contributed by atoms with Crippen LogP contribution in [0.2, 0.25) is 0 Å². The maximum Gasteiger partial charge on any atom is 0.301 e. The fourth-order valence-electron chi connectivity index (χ4n) is 1.90. The molecule has 0 fully saturated rings. The molecular formula is C12H13N3O3. The summed E-state index contributed by atoms with van der Waals surface area (Å²) in [5.74, 6) is 0. The van der Waals surface area contributed by atoms with E-state index in [0.29, 0.717) is 23.1 Å². The summed E-state index contributed by atoms with van der Waals surface area (Å²) < 4.78 is 0. The van der Waals surface area contributed by atoms with Crippen LogP contribution in [0, 0.1) is 10.1 Å². The Bertz CT molecular complexity index is 586. The highest BCUT2D eigenvalue weighted by atomic mass is 16.6. The van der Waals surface area contributed by atoms with E-state index in [0.717, 1.165) is 0 Å². The maximum absolute atomic E-state index is 11.2. The van der Waals surface area contributed by atoms with Gasteiger partial charge in [0, 0.05) is 19.8 Å². The lowest BCUT2D eigenvalue weighted by molar-refractivity contribution is -0.382. The lowest BCUT2D eigenvalue weighted by Crippen LogP contribution is -2.22. The van der Waals surface area contributed by atoms with E-state index in [9.17, 15) is 10.1 Å². The van der Waals surface area contributed by atoms with E-state index in [4.69, 9.17) is 5.11 Å². The Kier molecular flexibility index (Phi) is 3.38. The first-order valence-electron chi connectivity index (χ1n) is 5.49. The number of aliphatic hydroxyl groups excluding tert-OH is 1. The number of likely N-dealkylation sites (N-methyl/N-ethyl adjacent to an activating group) is 1. The zero-order chi connectivity index (χ0) is 13.1. The third-order valence-electron chi connectivity index (χ3n) is 2.76. The van der Waals surface area contributed by atoms with Crippen LogP contribution in [0.15, 0.2) is 30.5 Å². The zero-order valence-corrected chi connectivity index (χ0v) is 9.91. The first-order chi connectivity index (χ1) is 8.65. The van der Waals surface area contributed by atoms with Gasteiger partial charge in [-0.05, 0) is 24.3 Å². The maximum atomic E-state index is 11.2. The van der Waals surface area contributed by atoms with Crippen molar-refractivity contribution in [2.45, 2.75) is 0 Å². The number of pyridine rings is 1. The van der Waals surface area contributed by atoms with Crippen LogP contribution < -0.4 is 4.90 Å². The highest BCUT2D eigenvalue weighted by Gasteiger charge is 2.21. The Labute approximate surface area is 104 Å². The van der Waals surface area contributed by atoms with Crippen LogP contribution in [0.3, 0.4) is 0 Å². The molecule has 0 bridgehead atoms. The number of hydrogen-bond donors (Lipinski definition) is 1. The Balaban J connectivity index is 2.66. The van der Waals surface area contributed by atoms with E-state index < -0.39 is 4.92 Å². The zero-order valence-electron chi connectivity index (χ0n) is 9.91. The minimum atomic E-state index is -0.410. The van der Waals surface area contributed by atoms with Crippen molar-refractivity contribution in [1.29, 1.82) is 0 Å². The third-order valence-corrected chi connectivity index (χ3v) is 2.76. The molecule has 1 aromatic heterocycles. The minimum absolute atomic E-state index is 0.0246. The fraction of sp³-hybridized carbons (Fsp3) is 0.250. The molecule has 0 aliphatic carbocycles. The first-order valence-corrected chi connectivity index (χ1v) is 5.49. The number of anilines is 1. The van der Waals surface area contributed by atoms with Crippen LogP contribution in [0.5, 0.6) is 0 Å². The minimum Gasteiger partial charge on any atom is -0.395 e. The van der Waals surface area contributed by atoms with Gasteiger partial charge in [-0.25, -0.2) is 0 Å². The molecule has 0 aliphatic heterocycles. The van der Waals surface area contributed by atoms with Crippen molar-refractivity contribution in [3.63, 3.8) is 0 Å². The van der Waals surface area contributed by atoms with Gasteiger partial charge >= 0.3 is 5.69 Å². The molecule has 6 nitrogen and oxygen atoms in total. The second kappa shape index (κ2) is 4.97. The number of fused-ring (bicyclic) bond motifs is 1. The predicted octanol–water partition coefficient (Wildman–Crippen LogP) is 1.57. The SMILES string of the molecule is CN(CCO)c1ccc2ncccc2c1[N+](=O)[O-]. The average molecular weight is 247 g/mol. The van der Waals surface area contributed by atoms with E-state index in [1.807, 2.05) is 0 Å². The monoisotopic (exact) mass is 247 g/mol. The van der Waals surface area contributed by atoms with E-state index in [1.165, 1.54) is 0 Å². The molecule has 2 rings (SSSR count). The molecule has 0 unspecified atom stereocenters. The molecule has 1 N–H and O–H groups in total. The van der Waals surface area contributed by atoms with E-state index in [-0.39, 0.29) is 12.3 Å². The summed E-state index contributed by atoms with van der Waals surface area (Å²) in [4.78, 5) is 16.6. The topological polar surface area (TPSA) is 79.5 Å². The number of benzene rings is 1. The second-order valence-electron chi connectivity index (χ2n) is 3.91. The molecule has 1 heterocycles. The van der Waals surface area contributed by atoms with Crippen molar-refractivity contribution in [3.8, 4) is 0 Å². The van der Waals surface area contributed by atoms with Crippen molar-refractivity contribution < 1.29 is 10.0 Å². The second-order valence-corrected chi connectivity index (χ2v) is 3.91. The molecule has 18 heavy (non-hydrogen) atoms. The first kappa shape index (κ1) is 12.3. The Morgan fingerprint density at radius 3 is 2.89 bits per heavy atom. The van der Waals surface area contributed by atoms with Crippen LogP contribution >= 0.6 is 0 Å². The number of aromatic nitrogens is 1. The molecule has 6 heteroatoms. The number of rotatable bonds is 4. The quantitative estimate of drug-likeness (QED) is 0.655. The molecule has 94 valence electrons. The van der Waals surface area contributed by atoms with Crippen LogP contribution in [0.1, 0.15) is 0 Å². The molecule has 0 spiro atoms. The van der Waals surface area contributed by atoms with Crippen LogP contribution in [-0.4, -0.2) is 35.2 Å². The summed E-state index contributed by atoms with van der Waals surface area (Å²) in [5, 5.41) is 20.7. The average Bonchev–Trinajstić information content (AvgIpc) is 2.37. The van der Waals surface area contributed by atoms with Gasteiger partial charge in [-0.3, -0.25) is 15.1 Å². The van der Waals surface area contributed by atoms with E-state index in [2.05, 4.69) is 4.98 Å². The predicted molar refractivity (Wildman–Crippen MR) is 68.8 cm³/mol. The molecule has 0 saturated carbocycles. The number of nitro groups is 1. The number of nitro benzene ring substituents is 1. The number of aliphatic hydroxyl groups is 1. The van der Waals surface area contributed by atoms with Crippen molar-refractivity contribution in [2.75, 3.05) is 25.1 Å². The Morgan fingerprint density at radius 1 is 1.44 bits per heavy atom. The highest BCUT2D eigenvalue weighted by molar-refractivity contribution is 5.94. The van der Waals surface area contributed by atoms with Crippen molar-refractivity contribution in [1.82, 2.24) is 4.98 Å². The highest BCUT2D eigenvalue weighted by Crippen LogP contribution is 2.34. The number of nitrogens with zero attached hydrogens (tertiary/aromatic N) is 3. The van der Waals surface area contributed by atoms with Gasteiger partial charge in [0.1, 0.15) is 5.69 Å². The summed E-state index contributed by atoms with van der Waals surface area (Å²) in [6.07, 6.45) is 1.60. The summed E-state index contributed by atoms with van der Waals surface area (Å²) in [6.45, 7) is 0.283. The summed E-state index contributed by atoms with van der Waals surface area (Å²) in [5.41, 5.74) is 1.09. The lowest BCUT2D eigenvalue weighted by Gasteiger charge is -2.18. The molecule has 0 aliphatic rings. The third kappa shape index (κ3) is 2.10. The molecule has 2 aromatic rings. The lowest BCUT2D eigenvalue weighted by atomic mass is 10.1. The smallest absolute Gasteiger partial charge is 0.301 e. The Hall–Kier alpha value is -2.21. The van der Waals surface area contributed by atoms with Gasteiger partial charge in [-0.15, -0.1) is 0 Å². The van der Waals surface area contributed by atoms with Gasteiger partial charge in [0.2, 0.25) is 0 Å². The van der Waals surface area contributed by atoms with Crippen molar-refractivity contribution in [3.05, 3.63) is 40.6 Å². The van der Waals surface area contributed by atoms with Crippen LogP contribution in [0.25, 0.3) is 10.9 Å². The normalized spacial score (nSPS) is 10.6. The molecule has 0 amide bonds. The van der Waals surface area contributed by atoms with Crippen molar-refractivity contribution in [2.24, 2.45) is 0 Å². The molecule has 0 saturated heterocycles. The van der Waals surface area contributed by atoms with Crippen LogP contribution in [-0.2, 0) is 0 Å². The van der Waals surface area contributed by atoms with Gasteiger partial charge in [0.25, 0.3) is 0 Å². The summed E-state index contributed by atoms with van der Waals surface area (Å²) >= 11 is 0. The van der Waals surface area contributed by atoms with Gasteiger partial charge in [-0.2, -0.15) is 0 Å². The summed E-state index contributed by atoms with van der Waals surface area (Å²) in [7, 11) is 1.71. The molecule has 1 aromatic carbocycles. The van der Waals surface area contributed by atoms with Gasteiger partial charge in [-0.1, -0.05) is 0 Å². The van der Waals surface area contributed by atoms with Gasteiger partial charge in [0.15, 0.2) is 0 Å². The molecule has 0 atom stereocenters. The summed E-state index contributed by atoms with van der Waals surface area (Å²) in [6, 6.07) is 6.75. The van der Waals surface area contributed by atoms with Gasteiger partial charge in [0.05, 0.1) is 22.4 Å². The fourth-order valence-corrected chi connectivity index (χ4v) is 1.90. The Morgan fingerprint density at radius 2 is 2.22 bits per heavy atom.